The lowest BCUT2D eigenvalue weighted by Crippen LogP contribution is -1.93. The Balaban J connectivity index is 2.09. The molecule has 2 aromatic carbocycles. The van der Waals surface area contributed by atoms with E-state index in [2.05, 4.69) is 26.5 Å². The first-order valence-corrected chi connectivity index (χ1v) is 6.24. The Labute approximate surface area is 118 Å². The first-order valence-electron chi connectivity index (χ1n) is 5.45. The number of nitro benzene ring substituents is 1. The third kappa shape index (κ3) is 3.62. The van der Waals surface area contributed by atoms with Gasteiger partial charge in [0.15, 0.2) is 0 Å². The van der Waals surface area contributed by atoms with E-state index in [1.807, 2.05) is 24.3 Å². The number of hydrogen-bond donors (Lipinski definition) is 1. The van der Waals surface area contributed by atoms with Crippen LogP contribution in [0, 0.1) is 10.1 Å². The van der Waals surface area contributed by atoms with E-state index in [1.54, 1.807) is 18.3 Å². The van der Waals surface area contributed by atoms with Crippen molar-refractivity contribution < 1.29 is 4.92 Å². The minimum Gasteiger partial charge on any atom is -0.278 e. The van der Waals surface area contributed by atoms with Crippen LogP contribution >= 0.6 is 15.9 Å². The molecule has 5 nitrogen and oxygen atoms in total. The lowest BCUT2D eigenvalue weighted by atomic mass is 10.2. The van der Waals surface area contributed by atoms with Gasteiger partial charge in [0.25, 0.3) is 5.69 Å². The molecule has 0 spiro atoms. The maximum atomic E-state index is 10.6. The molecule has 0 aliphatic rings. The highest BCUT2D eigenvalue weighted by Crippen LogP contribution is 2.17. The van der Waals surface area contributed by atoms with Crippen LogP contribution < -0.4 is 5.43 Å². The molecular weight excluding hydrogens is 310 g/mol. The third-order valence-corrected chi connectivity index (χ3v) is 3.08. The average molecular weight is 320 g/mol. The predicted molar refractivity (Wildman–Crippen MR) is 78.5 cm³/mol. The van der Waals surface area contributed by atoms with Gasteiger partial charge < -0.3 is 0 Å². The van der Waals surface area contributed by atoms with E-state index in [4.69, 9.17) is 0 Å². The molecule has 1 N–H and O–H groups in total. The Kier molecular flexibility index (Phi) is 4.25. The van der Waals surface area contributed by atoms with Crippen molar-refractivity contribution >= 4 is 33.5 Å². The number of benzene rings is 2. The Hall–Kier alpha value is -2.21. The fraction of sp³-hybridized carbons (Fsp3) is 0. The molecule has 0 atom stereocenters. The van der Waals surface area contributed by atoms with E-state index in [0.717, 1.165) is 10.0 Å². The van der Waals surface area contributed by atoms with Gasteiger partial charge in [-0.05, 0) is 12.1 Å². The maximum absolute atomic E-state index is 10.6. The predicted octanol–water partition coefficient (Wildman–Crippen LogP) is 3.80. The molecule has 0 heterocycles. The van der Waals surface area contributed by atoms with E-state index in [-0.39, 0.29) is 5.69 Å². The van der Waals surface area contributed by atoms with Gasteiger partial charge in [0, 0.05) is 22.2 Å². The summed E-state index contributed by atoms with van der Waals surface area (Å²) in [6, 6.07) is 13.8. The number of rotatable bonds is 4. The molecule has 0 bridgehead atoms. The van der Waals surface area contributed by atoms with E-state index in [1.165, 1.54) is 12.1 Å². The van der Waals surface area contributed by atoms with Gasteiger partial charge in [0.1, 0.15) is 0 Å². The Morgan fingerprint density at radius 1 is 1.21 bits per heavy atom. The van der Waals surface area contributed by atoms with Crippen LogP contribution in [0.2, 0.25) is 0 Å². The molecule has 0 aliphatic heterocycles. The number of hydrogen-bond acceptors (Lipinski definition) is 4. The number of halogens is 1. The van der Waals surface area contributed by atoms with Crippen LogP contribution in [-0.4, -0.2) is 11.1 Å². The van der Waals surface area contributed by atoms with Crippen molar-refractivity contribution in [1.29, 1.82) is 0 Å². The molecule has 0 saturated heterocycles. The average Bonchev–Trinajstić information content (AvgIpc) is 2.41. The fourth-order valence-corrected chi connectivity index (χ4v) is 1.83. The van der Waals surface area contributed by atoms with Crippen molar-refractivity contribution in [2.24, 2.45) is 5.10 Å². The van der Waals surface area contributed by atoms with Gasteiger partial charge in [-0.25, -0.2) is 0 Å². The number of nitrogens with zero attached hydrogens (tertiary/aromatic N) is 2. The zero-order chi connectivity index (χ0) is 13.7. The monoisotopic (exact) mass is 319 g/mol. The largest absolute Gasteiger partial charge is 0.278 e. The second kappa shape index (κ2) is 6.10. The van der Waals surface area contributed by atoms with Crippen molar-refractivity contribution in [3.63, 3.8) is 0 Å². The van der Waals surface area contributed by atoms with Gasteiger partial charge in [-0.1, -0.05) is 40.2 Å². The van der Waals surface area contributed by atoms with Crippen LogP contribution in [-0.2, 0) is 0 Å². The molecule has 2 rings (SSSR count). The molecule has 0 aromatic heterocycles. The zero-order valence-corrected chi connectivity index (χ0v) is 11.4. The van der Waals surface area contributed by atoms with Crippen LogP contribution in [0.3, 0.4) is 0 Å². The Morgan fingerprint density at radius 3 is 2.74 bits per heavy atom. The van der Waals surface area contributed by atoms with E-state index in [0.29, 0.717) is 5.69 Å². The number of hydrazone groups is 1. The number of nitro groups is 1. The van der Waals surface area contributed by atoms with Crippen LogP contribution in [0.4, 0.5) is 11.4 Å². The number of nitrogens with one attached hydrogen (secondary N) is 1. The quantitative estimate of drug-likeness (QED) is 0.529. The Morgan fingerprint density at radius 2 is 2.00 bits per heavy atom. The highest BCUT2D eigenvalue weighted by atomic mass is 79.9. The van der Waals surface area contributed by atoms with Crippen LogP contribution in [0.5, 0.6) is 0 Å². The fourth-order valence-electron chi connectivity index (χ4n) is 1.45. The molecule has 0 saturated carbocycles. The van der Waals surface area contributed by atoms with E-state index < -0.39 is 4.92 Å². The molecular formula is C13H10BrN3O2. The summed E-state index contributed by atoms with van der Waals surface area (Å²) in [6.07, 6.45) is 1.64. The standard InChI is InChI=1S/C13H10BrN3O2/c14-13-7-2-1-4-10(13)9-15-16-11-5-3-6-12(8-11)17(18)19/h1-9,16H. The highest BCUT2D eigenvalue weighted by Gasteiger charge is 2.04. The number of anilines is 1. The summed E-state index contributed by atoms with van der Waals surface area (Å²) in [7, 11) is 0. The summed E-state index contributed by atoms with van der Waals surface area (Å²) in [4.78, 5) is 10.2. The van der Waals surface area contributed by atoms with Crippen molar-refractivity contribution in [2.45, 2.75) is 0 Å². The summed E-state index contributed by atoms with van der Waals surface area (Å²) in [5.41, 5.74) is 4.27. The lowest BCUT2D eigenvalue weighted by Gasteiger charge is -2.00. The summed E-state index contributed by atoms with van der Waals surface area (Å²) >= 11 is 3.41. The minimum absolute atomic E-state index is 0.0288. The minimum atomic E-state index is -0.442. The van der Waals surface area contributed by atoms with Gasteiger partial charge in [0.05, 0.1) is 16.8 Å². The van der Waals surface area contributed by atoms with Gasteiger partial charge in [-0.15, -0.1) is 0 Å². The molecule has 0 unspecified atom stereocenters. The van der Waals surface area contributed by atoms with Gasteiger partial charge in [0.2, 0.25) is 0 Å². The maximum Gasteiger partial charge on any atom is 0.271 e. The van der Waals surface area contributed by atoms with Gasteiger partial charge >= 0.3 is 0 Å². The van der Waals surface area contributed by atoms with E-state index in [9.17, 15) is 10.1 Å². The molecule has 6 heteroatoms. The zero-order valence-electron chi connectivity index (χ0n) is 9.79. The topological polar surface area (TPSA) is 67.5 Å². The first kappa shape index (κ1) is 13.2. The lowest BCUT2D eigenvalue weighted by molar-refractivity contribution is -0.384. The normalized spacial score (nSPS) is 10.6. The van der Waals surface area contributed by atoms with E-state index >= 15 is 0 Å². The Bertz CT molecular complexity index is 629. The molecule has 0 radical (unpaired) electrons. The summed E-state index contributed by atoms with van der Waals surface area (Å²) in [6.45, 7) is 0. The molecule has 0 fully saturated rings. The molecule has 0 amide bonds. The smallest absolute Gasteiger partial charge is 0.271 e. The first-order chi connectivity index (χ1) is 9.16. The van der Waals surface area contributed by atoms with Crippen molar-refractivity contribution in [1.82, 2.24) is 0 Å². The molecule has 0 aliphatic carbocycles. The second-order valence-corrected chi connectivity index (χ2v) is 4.55. The third-order valence-electron chi connectivity index (χ3n) is 2.36. The molecule has 2 aromatic rings. The second-order valence-electron chi connectivity index (χ2n) is 3.70. The number of non-ortho nitro benzene ring substituents is 1. The van der Waals surface area contributed by atoms with Gasteiger partial charge in [-0.2, -0.15) is 5.10 Å². The summed E-state index contributed by atoms with van der Waals surface area (Å²) in [5, 5.41) is 14.7. The van der Waals surface area contributed by atoms with Crippen LogP contribution in [0.15, 0.2) is 58.1 Å². The highest BCUT2D eigenvalue weighted by molar-refractivity contribution is 9.10. The summed E-state index contributed by atoms with van der Waals surface area (Å²) in [5.74, 6) is 0. The SMILES string of the molecule is O=[N+]([O-])c1cccc(NN=Cc2ccccc2Br)c1. The van der Waals surface area contributed by atoms with Gasteiger partial charge in [-0.3, -0.25) is 15.5 Å². The van der Waals surface area contributed by atoms with Crippen molar-refractivity contribution in [3.05, 3.63) is 68.7 Å². The molecule has 96 valence electrons. The van der Waals surface area contributed by atoms with Crippen LogP contribution in [0.25, 0.3) is 0 Å². The van der Waals surface area contributed by atoms with Crippen molar-refractivity contribution in [2.75, 3.05) is 5.43 Å². The van der Waals surface area contributed by atoms with Crippen LogP contribution in [0.1, 0.15) is 5.56 Å². The summed E-state index contributed by atoms with van der Waals surface area (Å²) < 4.78 is 0.930. The molecule has 19 heavy (non-hydrogen) atoms. The van der Waals surface area contributed by atoms with Crippen molar-refractivity contribution in [3.8, 4) is 0 Å².